The number of benzene rings is 3. The van der Waals surface area contributed by atoms with Gasteiger partial charge in [0.1, 0.15) is 24.0 Å². The Morgan fingerprint density at radius 3 is 2.50 bits per heavy atom. The van der Waals surface area contributed by atoms with Crippen LogP contribution in [0.15, 0.2) is 66.9 Å². The maximum Gasteiger partial charge on any atom is 0.255 e. The number of ether oxygens (including phenoxy) is 1. The highest BCUT2D eigenvalue weighted by atomic mass is 35.5. The Morgan fingerprint density at radius 2 is 1.74 bits per heavy atom. The summed E-state index contributed by atoms with van der Waals surface area (Å²) in [5, 5.41) is 13.2. The van der Waals surface area contributed by atoms with Gasteiger partial charge in [-0.1, -0.05) is 29.8 Å². The third kappa shape index (κ3) is 9.05. The number of amides is 4. The maximum absolute atomic E-state index is 13.1. The second kappa shape index (κ2) is 17.5. The largest absolute Gasteiger partial charge is 0.494 e. The van der Waals surface area contributed by atoms with Gasteiger partial charge in [-0.15, -0.1) is 0 Å². The van der Waals surface area contributed by atoms with E-state index in [2.05, 4.69) is 36.1 Å². The fourth-order valence-electron chi connectivity index (χ4n) is 7.54. The normalized spacial score (nSPS) is 16.9. The fraction of sp³-hybridized carbons (Fsp3) is 0.366. The van der Waals surface area contributed by atoms with Crippen molar-refractivity contribution in [3.05, 3.63) is 83.0 Å². The quantitative estimate of drug-likeness (QED) is 0.0708. The highest BCUT2D eigenvalue weighted by molar-refractivity contribution is 7.70. The van der Waals surface area contributed by atoms with Crippen molar-refractivity contribution in [2.75, 3.05) is 74.0 Å². The van der Waals surface area contributed by atoms with E-state index in [0.717, 1.165) is 29.8 Å². The number of rotatable bonds is 14. The number of anilines is 6. The third-order valence-corrected chi connectivity index (χ3v) is 12.5. The predicted octanol–water partition coefficient (Wildman–Crippen LogP) is 5.57. The molecular weight excluding hydrogens is 781 g/mol. The molecule has 1 aromatic heterocycles. The number of nitrogens with zero attached hydrogens (tertiary/aromatic N) is 5. The molecule has 4 N–H and O–H groups in total. The second-order valence-electron chi connectivity index (χ2n) is 14.9. The molecule has 304 valence electrons. The lowest BCUT2D eigenvalue weighted by atomic mass is 10.0. The zero-order valence-electron chi connectivity index (χ0n) is 32.7. The van der Waals surface area contributed by atoms with E-state index < -0.39 is 19.1 Å². The lowest BCUT2D eigenvalue weighted by molar-refractivity contribution is -0.137. The van der Waals surface area contributed by atoms with Gasteiger partial charge < -0.3 is 40.0 Å². The van der Waals surface area contributed by atoms with Gasteiger partial charge in [0.2, 0.25) is 23.7 Å². The number of aromatic nitrogens is 2. The molecule has 4 amide bonds. The van der Waals surface area contributed by atoms with Crippen LogP contribution in [0.1, 0.15) is 48.0 Å². The molecule has 1 atom stereocenters. The van der Waals surface area contributed by atoms with Crippen LogP contribution in [0.5, 0.6) is 5.75 Å². The van der Waals surface area contributed by atoms with Crippen molar-refractivity contribution in [2.24, 2.45) is 0 Å². The number of piperidine rings is 1. The van der Waals surface area contributed by atoms with Crippen molar-refractivity contribution in [1.82, 2.24) is 25.1 Å². The molecule has 3 aromatic carbocycles. The predicted molar refractivity (Wildman–Crippen MR) is 226 cm³/mol. The zero-order valence-corrected chi connectivity index (χ0v) is 34.4. The van der Waals surface area contributed by atoms with Crippen molar-refractivity contribution < 1.29 is 28.5 Å². The summed E-state index contributed by atoms with van der Waals surface area (Å²) in [7, 11) is -0.966. The first-order chi connectivity index (χ1) is 27.9. The molecule has 0 radical (unpaired) electrons. The van der Waals surface area contributed by atoms with E-state index in [0.29, 0.717) is 96.9 Å². The maximum atomic E-state index is 13.1. The van der Waals surface area contributed by atoms with Crippen LogP contribution < -0.4 is 36.2 Å². The minimum atomic E-state index is -2.57. The number of unbranched alkanes of at least 4 members (excludes halogenated alkanes) is 1. The van der Waals surface area contributed by atoms with Crippen LogP contribution in [-0.2, 0) is 25.5 Å². The lowest BCUT2D eigenvalue weighted by Crippen LogP contribution is -2.52. The van der Waals surface area contributed by atoms with Crippen molar-refractivity contribution in [3.63, 3.8) is 0 Å². The molecule has 0 aliphatic carbocycles. The number of piperazine rings is 1. The summed E-state index contributed by atoms with van der Waals surface area (Å²) in [5.74, 6) is 0.450. The first kappa shape index (κ1) is 40.5. The number of nitrogens with one attached hydrogen (secondary N) is 4. The Labute approximate surface area is 342 Å². The lowest BCUT2D eigenvalue weighted by Gasteiger charge is -2.36. The molecule has 7 rings (SSSR count). The molecule has 15 nitrogen and oxygen atoms in total. The Hall–Kier alpha value is -5.66. The second-order valence-corrected chi connectivity index (χ2v) is 18.5. The number of halogens is 1. The Balaban J connectivity index is 0.874. The molecule has 3 aliphatic rings. The molecule has 3 aliphatic heterocycles. The number of hydrogen-bond donors (Lipinski definition) is 4. The molecule has 17 heteroatoms. The van der Waals surface area contributed by atoms with Crippen LogP contribution in [0.3, 0.4) is 0 Å². The van der Waals surface area contributed by atoms with Crippen LogP contribution >= 0.6 is 18.7 Å². The van der Waals surface area contributed by atoms with E-state index in [1.165, 1.54) is 6.20 Å². The summed E-state index contributed by atoms with van der Waals surface area (Å²) in [6.07, 6.45) is 3.96. The van der Waals surface area contributed by atoms with Gasteiger partial charge in [0, 0.05) is 86.0 Å². The number of carbonyl (C=O) groups is 4. The number of fused-ring (bicyclic) bond motifs is 1. The minimum absolute atomic E-state index is 0.126. The molecule has 4 heterocycles. The van der Waals surface area contributed by atoms with Crippen molar-refractivity contribution >= 4 is 82.2 Å². The summed E-state index contributed by atoms with van der Waals surface area (Å²) in [4.78, 5) is 65.0. The van der Waals surface area contributed by atoms with Crippen LogP contribution in [0, 0.1) is 0 Å². The summed E-state index contributed by atoms with van der Waals surface area (Å²) in [6, 6.07) is 18.1. The van der Waals surface area contributed by atoms with Gasteiger partial charge in [0.05, 0.1) is 24.7 Å². The van der Waals surface area contributed by atoms with Crippen molar-refractivity contribution in [2.45, 2.75) is 44.7 Å². The van der Waals surface area contributed by atoms with E-state index in [1.807, 2.05) is 59.5 Å². The van der Waals surface area contributed by atoms with E-state index in [9.17, 15) is 23.7 Å². The van der Waals surface area contributed by atoms with Gasteiger partial charge >= 0.3 is 0 Å². The first-order valence-corrected chi connectivity index (χ1v) is 22.3. The number of para-hydroxylation sites is 1. The van der Waals surface area contributed by atoms with E-state index in [4.69, 9.17) is 16.3 Å². The Bertz CT molecular complexity index is 2280. The number of carbonyl (C=O) groups excluding carboxylic acids is 4. The average molecular weight is 828 g/mol. The van der Waals surface area contributed by atoms with E-state index in [-0.39, 0.29) is 24.1 Å². The molecule has 4 aromatic rings. The van der Waals surface area contributed by atoms with Crippen LogP contribution in [0.2, 0.25) is 5.02 Å². The summed E-state index contributed by atoms with van der Waals surface area (Å²) < 4.78 is 18.6. The van der Waals surface area contributed by atoms with Crippen molar-refractivity contribution in [1.29, 1.82) is 0 Å². The number of imide groups is 1. The van der Waals surface area contributed by atoms with Gasteiger partial charge in [-0.05, 0) is 69.0 Å². The van der Waals surface area contributed by atoms with E-state index >= 15 is 0 Å². The Morgan fingerprint density at radius 1 is 0.966 bits per heavy atom. The fourth-order valence-corrected chi connectivity index (χ4v) is 8.83. The molecule has 58 heavy (non-hydrogen) atoms. The van der Waals surface area contributed by atoms with Crippen molar-refractivity contribution in [3.8, 4) is 5.75 Å². The van der Waals surface area contributed by atoms with Gasteiger partial charge in [-0.2, -0.15) is 4.98 Å². The van der Waals surface area contributed by atoms with Crippen LogP contribution in [0.4, 0.5) is 34.5 Å². The highest BCUT2D eigenvalue weighted by Crippen LogP contribution is 2.39. The van der Waals surface area contributed by atoms with Gasteiger partial charge in [0.15, 0.2) is 5.82 Å². The SMILES string of the molecule is COc1cc(N2CCN(C(=O)CCCCNc3cccc4c3CN(C3CCC(=O)NC3=O)C4=O)CC2)ccc1Nc1ncc(Cl)c(Nc2ccccc2P(C)(C)=O)n1. The summed E-state index contributed by atoms with van der Waals surface area (Å²) in [6.45, 7) is 6.94. The Kier molecular flexibility index (Phi) is 12.2. The molecule has 2 fully saturated rings. The van der Waals surface area contributed by atoms with Crippen LogP contribution in [-0.4, -0.2) is 103 Å². The number of methoxy groups -OCH3 is 1. The average Bonchev–Trinajstić information content (AvgIpc) is 3.55. The standard InChI is InChI=1S/C41H47ClN9O6P/c1-57-34-23-26(14-15-31(34)46-41-44-24-29(42)38(48-41)45-32-10-4-5-12-35(32)58(2,3)56)49-19-21-50(22-20-49)37(53)13-6-7-18-43-30-11-8-9-27-28(30)25-51(40(27)55)33-16-17-36(52)47-39(33)54/h4-5,8-12,14-15,23-24,33,43H,6-7,13,16-22,25H2,1-3H3,(H,47,52,54)(H2,44,45,46,48). The molecular formula is C41H47ClN9O6P. The summed E-state index contributed by atoms with van der Waals surface area (Å²) >= 11 is 6.45. The smallest absolute Gasteiger partial charge is 0.255 e. The molecule has 0 spiro atoms. The van der Waals surface area contributed by atoms with Gasteiger partial charge in [-0.3, -0.25) is 24.5 Å². The molecule has 0 saturated carbocycles. The molecule has 1 unspecified atom stereocenters. The number of hydrogen-bond acceptors (Lipinski definition) is 12. The van der Waals surface area contributed by atoms with Gasteiger partial charge in [0.25, 0.3) is 5.91 Å². The highest BCUT2D eigenvalue weighted by Gasteiger charge is 2.40. The topological polar surface area (TPSA) is 178 Å². The first-order valence-electron chi connectivity index (χ1n) is 19.3. The third-order valence-electron chi connectivity index (χ3n) is 10.6. The molecule has 0 bridgehead atoms. The van der Waals surface area contributed by atoms with E-state index in [1.54, 1.807) is 31.4 Å². The van der Waals surface area contributed by atoms with Gasteiger partial charge in [-0.25, -0.2) is 4.98 Å². The summed E-state index contributed by atoms with van der Waals surface area (Å²) in [5.41, 5.74) is 4.54. The monoisotopic (exact) mass is 827 g/mol. The minimum Gasteiger partial charge on any atom is -0.494 e. The molecule has 2 saturated heterocycles. The zero-order chi connectivity index (χ0) is 41.0. The van der Waals surface area contributed by atoms with Crippen LogP contribution in [0.25, 0.3) is 0 Å².